The molecule has 0 atom stereocenters. The smallest absolute Gasteiger partial charge is 0.360 e. The first-order valence-corrected chi connectivity index (χ1v) is 12.5. The molecule has 0 saturated heterocycles. The molecule has 0 amide bonds. The number of pyridine rings is 1. The Morgan fingerprint density at radius 2 is 1.33 bits per heavy atom. The molecule has 1 aliphatic carbocycles. The van der Waals surface area contributed by atoms with Gasteiger partial charge in [-0.05, 0) is 32.4 Å². The Labute approximate surface area is 216 Å². The number of carbonyl (C=O) groups is 1. The zero-order valence-corrected chi connectivity index (χ0v) is 23.5. The molecular weight excluding hydrogens is 456 g/mol. The number of hydrogen-bond donors (Lipinski definition) is 0. The molecule has 1 aromatic heterocycles. The summed E-state index contributed by atoms with van der Waals surface area (Å²) in [7, 11) is 2.68. The maximum atomic E-state index is 12.3. The number of esters is 1. The predicted molar refractivity (Wildman–Crippen MR) is 147 cm³/mol. The third-order valence-electron chi connectivity index (χ3n) is 4.67. The number of para-hydroxylation sites is 1. The van der Waals surface area contributed by atoms with Crippen molar-refractivity contribution in [2.45, 2.75) is 68.2 Å². The van der Waals surface area contributed by atoms with Crippen LogP contribution in [0.5, 0.6) is 17.5 Å². The topological polar surface area (TPSA) is 79.2 Å². The molecule has 0 unspecified atom stereocenters. The Hall–Kier alpha value is -3.61. The second kappa shape index (κ2) is 18.7. The van der Waals surface area contributed by atoms with Gasteiger partial charge in [0.2, 0.25) is 11.8 Å². The summed E-state index contributed by atoms with van der Waals surface area (Å²) >= 11 is 0. The normalized spacial score (nSPS) is 12.6. The highest BCUT2D eigenvalue weighted by atomic mass is 16.6. The van der Waals surface area contributed by atoms with E-state index in [0.717, 1.165) is 11.1 Å². The maximum Gasteiger partial charge on any atom is 0.360 e. The highest BCUT2D eigenvalue weighted by Gasteiger charge is 2.28. The molecule has 1 heterocycles. The Bertz CT molecular complexity index is 1010. The number of aromatic nitrogens is 1. The third kappa shape index (κ3) is 9.94. The minimum atomic E-state index is -0.588. The summed E-state index contributed by atoms with van der Waals surface area (Å²) in [6, 6.07) is 14.6. The van der Waals surface area contributed by atoms with E-state index in [4.69, 9.17) is 19.0 Å². The van der Waals surface area contributed by atoms with Crippen molar-refractivity contribution in [3.05, 3.63) is 71.0 Å². The molecule has 3 rings (SSSR count). The van der Waals surface area contributed by atoms with Crippen LogP contribution in [0.15, 0.2) is 76.2 Å². The Balaban J connectivity index is 0.00000190. The Kier molecular flexibility index (Phi) is 16.8. The van der Waals surface area contributed by atoms with E-state index in [9.17, 15) is 4.79 Å². The van der Waals surface area contributed by atoms with Crippen molar-refractivity contribution in [1.82, 2.24) is 4.98 Å². The Morgan fingerprint density at radius 3 is 1.89 bits per heavy atom. The van der Waals surface area contributed by atoms with Crippen molar-refractivity contribution in [3.63, 3.8) is 0 Å². The first kappa shape index (κ1) is 32.4. The van der Waals surface area contributed by atoms with Crippen LogP contribution in [-0.2, 0) is 14.4 Å². The minimum Gasteiger partial charge on any atom is -0.464 e. The molecule has 0 radical (unpaired) electrons. The lowest BCUT2D eigenvalue weighted by Gasteiger charge is -2.22. The van der Waals surface area contributed by atoms with E-state index in [1.54, 1.807) is 18.2 Å². The quantitative estimate of drug-likeness (QED) is 0.167. The van der Waals surface area contributed by atoms with Crippen LogP contribution in [0.3, 0.4) is 0 Å². The largest absolute Gasteiger partial charge is 0.464 e. The second-order valence-electron chi connectivity index (χ2n) is 6.76. The van der Waals surface area contributed by atoms with E-state index in [2.05, 4.69) is 10.1 Å². The highest BCUT2D eigenvalue weighted by Crippen LogP contribution is 2.33. The van der Waals surface area contributed by atoms with Crippen molar-refractivity contribution in [1.29, 1.82) is 0 Å². The Morgan fingerprint density at radius 1 is 0.778 bits per heavy atom. The van der Waals surface area contributed by atoms with Gasteiger partial charge in [-0.1, -0.05) is 82.1 Å². The second-order valence-corrected chi connectivity index (χ2v) is 6.76. The van der Waals surface area contributed by atoms with E-state index < -0.39 is 5.97 Å². The molecule has 0 aliphatic heterocycles. The molecule has 7 heteroatoms. The molecule has 0 saturated carbocycles. The lowest BCUT2D eigenvalue weighted by Crippen LogP contribution is -2.23. The first-order valence-electron chi connectivity index (χ1n) is 12.5. The van der Waals surface area contributed by atoms with Crippen LogP contribution in [0.4, 0.5) is 0 Å². The molecule has 36 heavy (non-hydrogen) atoms. The lowest BCUT2D eigenvalue weighted by molar-refractivity contribution is -0.132. The van der Waals surface area contributed by atoms with Crippen LogP contribution in [-0.4, -0.2) is 30.9 Å². The van der Waals surface area contributed by atoms with Gasteiger partial charge in [0.25, 0.3) is 0 Å². The molecule has 0 fully saturated rings. The van der Waals surface area contributed by atoms with Gasteiger partial charge < -0.3 is 19.0 Å². The zero-order valence-electron chi connectivity index (χ0n) is 23.5. The number of hydrogen-bond acceptors (Lipinski definition) is 7. The van der Waals surface area contributed by atoms with Gasteiger partial charge in [0.1, 0.15) is 18.6 Å². The molecule has 0 spiro atoms. The monoisotopic (exact) mass is 498 g/mol. The van der Waals surface area contributed by atoms with Crippen LogP contribution in [0, 0.1) is 0 Å². The predicted octanol–water partition coefficient (Wildman–Crippen LogP) is 7.89. The van der Waals surface area contributed by atoms with Crippen LogP contribution in [0.25, 0.3) is 0 Å². The van der Waals surface area contributed by atoms with Crippen LogP contribution < -0.4 is 9.47 Å². The van der Waals surface area contributed by atoms with Gasteiger partial charge in [0, 0.05) is 24.1 Å². The number of allylic oxidation sites excluding steroid dienone is 2. The van der Waals surface area contributed by atoms with Crippen molar-refractivity contribution in [3.8, 4) is 17.5 Å². The van der Waals surface area contributed by atoms with Crippen LogP contribution >= 0.6 is 0 Å². The van der Waals surface area contributed by atoms with Gasteiger partial charge in [0.15, 0.2) is 5.71 Å². The standard InChI is InChI=1S/C23H24N2O5.3C2H6/c1-15-13-18(22(25-28-4)23(26)27-3)19(14-16(15)2)30-21-12-8-11-20(24-21)29-17-9-6-5-7-10-17;3*1-2/h5-12H,13-14H2,1-4H3;3*1-2H3/b25-22-;;;. The summed E-state index contributed by atoms with van der Waals surface area (Å²) in [5, 5.41) is 3.88. The number of ether oxygens (including phenoxy) is 3. The van der Waals surface area contributed by atoms with Gasteiger partial charge in [-0.3, -0.25) is 0 Å². The lowest BCUT2D eigenvalue weighted by atomic mass is 9.89. The summed E-state index contributed by atoms with van der Waals surface area (Å²) in [5.41, 5.74) is 2.99. The van der Waals surface area contributed by atoms with Gasteiger partial charge in [-0.2, -0.15) is 4.98 Å². The van der Waals surface area contributed by atoms with E-state index in [1.165, 1.54) is 14.2 Å². The van der Waals surface area contributed by atoms with E-state index in [0.29, 0.717) is 41.7 Å². The van der Waals surface area contributed by atoms with E-state index >= 15 is 0 Å². The number of rotatable bonds is 7. The number of benzene rings is 1. The summed E-state index contributed by atoms with van der Waals surface area (Å²) in [6.45, 7) is 16.0. The van der Waals surface area contributed by atoms with Crippen molar-refractivity contribution < 1.29 is 23.8 Å². The fourth-order valence-corrected chi connectivity index (χ4v) is 2.98. The van der Waals surface area contributed by atoms with Crippen molar-refractivity contribution in [2.24, 2.45) is 5.16 Å². The molecule has 7 nitrogen and oxygen atoms in total. The van der Waals surface area contributed by atoms with Gasteiger partial charge >= 0.3 is 5.97 Å². The summed E-state index contributed by atoms with van der Waals surface area (Å²) in [5.74, 6) is 1.41. The van der Waals surface area contributed by atoms with E-state index in [-0.39, 0.29) is 5.71 Å². The van der Waals surface area contributed by atoms with Gasteiger partial charge in [-0.15, -0.1) is 0 Å². The summed E-state index contributed by atoms with van der Waals surface area (Å²) < 4.78 is 16.8. The minimum absolute atomic E-state index is 0.0820. The molecule has 1 aromatic carbocycles. The van der Waals surface area contributed by atoms with E-state index in [1.807, 2.05) is 85.7 Å². The fraction of sp³-hybridized carbons (Fsp3) is 0.414. The molecule has 0 N–H and O–H groups in total. The molecule has 2 aromatic rings. The maximum absolute atomic E-state index is 12.3. The number of methoxy groups -OCH3 is 1. The average Bonchev–Trinajstić information content (AvgIpc) is 2.93. The summed E-state index contributed by atoms with van der Waals surface area (Å²) in [6.07, 6.45) is 1.02. The van der Waals surface area contributed by atoms with Crippen LogP contribution in [0.2, 0.25) is 0 Å². The average molecular weight is 499 g/mol. The van der Waals surface area contributed by atoms with Crippen molar-refractivity contribution in [2.75, 3.05) is 14.2 Å². The fourth-order valence-electron chi connectivity index (χ4n) is 2.98. The molecule has 1 aliphatic rings. The number of oxime groups is 1. The highest BCUT2D eigenvalue weighted by molar-refractivity contribution is 6.43. The molecular formula is C29H42N2O5. The zero-order chi connectivity index (χ0) is 27.5. The number of nitrogens with zero attached hydrogens (tertiary/aromatic N) is 2. The number of carbonyl (C=O) groups excluding carboxylic acids is 1. The van der Waals surface area contributed by atoms with Gasteiger partial charge in [-0.25, -0.2) is 4.79 Å². The SMILES string of the molecule is CC.CC.CC.CO/N=C(\C(=O)OC)C1=C(Oc2cccc(Oc3ccccc3)n2)CC(C)=C(C)C1. The van der Waals surface area contributed by atoms with Crippen LogP contribution in [0.1, 0.15) is 68.2 Å². The third-order valence-corrected chi connectivity index (χ3v) is 4.67. The molecule has 0 bridgehead atoms. The summed E-state index contributed by atoms with van der Waals surface area (Å²) in [4.78, 5) is 21.6. The molecule has 198 valence electrons. The van der Waals surface area contributed by atoms with Crippen molar-refractivity contribution >= 4 is 11.7 Å². The first-order chi connectivity index (χ1) is 17.5. The van der Waals surface area contributed by atoms with Gasteiger partial charge in [0.05, 0.1) is 7.11 Å².